The molecule has 27 heavy (non-hydrogen) atoms. The number of oxime groups is 1. The molecule has 0 spiro atoms. The number of H-pyrrole nitrogens is 1. The van der Waals surface area contributed by atoms with Gasteiger partial charge < -0.3 is 9.74 Å². The standard InChI is InChI=1S/C19H20F2N4O2/c1-10(2)16-8-17(27-24-16)19(26)25-6-5-15-12(9-25)18(23-22-15)11-3-4-13(20)14(21)7-11/h3-4,7,10,17H,5-6,8-9H2,1-2H3,(H,22,23). The molecule has 1 N–H and O–H groups in total. The van der Waals surface area contributed by atoms with Gasteiger partial charge in [-0.1, -0.05) is 19.0 Å². The summed E-state index contributed by atoms with van der Waals surface area (Å²) in [6.45, 7) is 4.92. The number of nitrogens with one attached hydrogen (secondary N) is 1. The van der Waals surface area contributed by atoms with E-state index in [4.69, 9.17) is 4.84 Å². The minimum atomic E-state index is -0.925. The fourth-order valence-corrected chi connectivity index (χ4v) is 3.44. The first-order valence-electron chi connectivity index (χ1n) is 8.97. The molecule has 0 bridgehead atoms. The van der Waals surface area contributed by atoms with E-state index < -0.39 is 17.7 Å². The highest BCUT2D eigenvalue weighted by Gasteiger charge is 2.35. The SMILES string of the molecule is CC(C)C1=NOC(C(=O)N2CCc3[nH]nc(-c4ccc(F)c(F)c4)c3C2)C1. The maximum absolute atomic E-state index is 13.6. The minimum absolute atomic E-state index is 0.113. The van der Waals surface area contributed by atoms with Crippen LogP contribution in [0.5, 0.6) is 0 Å². The lowest BCUT2D eigenvalue weighted by Gasteiger charge is -2.28. The summed E-state index contributed by atoms with van der Waals surface area (Å²) >= 11 is 0. The van der Waals surface area contributed by atoms with E-state index in [-0.39, 0.29) is 11.8 Å². The van der Waals surface area contributed by atoms with Gasteiger partial charge >= 0.3 is 0 Å². The molecule has 0 radical (unpaired) electrons. The van der Waals surface area contributed by atoms with E-state index in [0.717, 1.165) is 29.1 Å². The van der Waals surface area contributed by atoms with Gasteiger partial charge in [0.15, 0.2) is 11.6 Å². The van der Waals surface area contributed by atoms with Gasteiger partial charge in [-0.05, 0) is 24.1 Å². The Kier molecular flexibility index (Phi) is 4.41. The fraction of sp³-hybridized carbons (Fsp3) is 0.421. The predicted molar refractivity (Wildman–Crippen MR) is 94.8 cm³/mol. The Hall–Kier alpha value is -2.77. The zero-order valence-electron chi connectivity index (χ0n) is 15.1. The third kappa shape index (κ3) is 3.20. The third-order valence-electron chi connectivity index (χ3n) is 5.07. The number of halogens is 2. The maximum Gasteiger partial charge on any atom is 0.267 e. The predicted octanol–water partition coefficient (Wildman–Crippen LogP) is 3.04. The minimum Gasteiger partial charge on any atom is -0.382 e. The van der Waals surface area contributed by atoms with Crippen LogP contribution in [0.2, 0.25) is 0 Å². The summed E-state index contributed by atoms with van der Waals surface area (Å²) in [4.78, 5) is 19.9. The van der Waals surface area contributed by atoms with Crippen molar-refractivity contribution in [3.05, 3.63) is 41.1 Å². The average molecular weight is 374 g/mol. The molecule has 0 saturated carbocycles. The van der Waals surface area contributed by atoms with E-state index in [9.17, 15) is 13.6 Å². The van der Waals surface area contributed by atoms with Crippen molar-refractivity contribution >= 4 is 11.6 Å². The Morgan fingerprint density at radius 2 is 2.15 bits per heavy atom. The molecule has 8 heteroatoms. The Labute approximate surface area is 155 Å². The van der Waals surface area contributed by atoms with Gasteiger partial charge in [0.25, 0.3) is 5.91 Å². The van der Waals surface area contributed by atoms with Gasteiger partial charge in [0.1, 0.15) is 0 Å². The number of hydrogen-bond donors (Lipinski definition) is 1. The largest absolute Gasteiger partial charge is 0.382 e. The van der Waals surface area contributed by atoms with Crippen LogP contribution in [-0.4, -0.2) is 39.4 Å². The highest BCUT2D eigenvalue weighted by atomic mass is 19.2. The first kappa shape index (κ1) is 17.6. The fourth-order valence-electron chi connectivity index (χ4n) is 3.44. The summed E-state index contributed by atoms with van der Waals surface area (Å²) in [7, 11) is 0. The van der Waals surface area contributed by atoms with Crippen LogP contribution in [0, 0.1) is 17.6 Å². The number of aromatic amines is 1. The molecule has 1 atom stereocenters. The molecule has 0 fully saturated rings. The van der Waals surface area contributed by atoms with Crippen LogP contribution in [0.15, 0.2) is 23.4 Å². The number of rotatable bonds is 3. The molecular weight excluding hydrogens is 354 g/mol. The van der Waals surface area contributed by atoms with Crippen molar-refractivity contribution in [1.82, 2.24) is 15.1 Å². The number of aromatic nitrogens is 2. The van der Waals surface area contributed by atoms with E-state index in [1.165, 1.54) is 6.07 Å². The number of amides is 1. The number of nitrogens with zero attached hydrogens (tertiary/aromatic N) is 3. The molecule has 2 aromatic rings. The zero-order chi connectivity index (χ0) is 19.1. The molecule has 2 aliphatic rings. The van der Waals surface area contributed by atoms with Crippen molar-refractivity contribution < 1.29 is 18.4 Å². The molecule has 1 unspecified atom stereocenters. The highest BCUT2D eigenvalue weighted by Crippen LogP contribution is 2.30. The molecule has 4 rings (SSSR count). The number of carbonyl (C=O) groups is 1. The highest BCUT2D eigenvalue weighted by molar-refractivity contribution is 5.94. The molecule has 1 aromatic heterocycles. The van der Waals surface area contributed by atoms with Crippen molar-refractivity contribution in [3.63, 3.8) is 0 Å². The molecular formula is C19H20F2N4O2. The topological polar surface area (TPSA) is 70.6 Å². The molecule has 1 aromatic carbocycles. The Morgan fingerprint density at radius 3 is 2.85 bits per heavy atom. The van der Waals surface area contributed by atoms with Crippen molar-refractivity contribution in [3.8, 4) is 11.3 Å². The van der Waals surface area contributed by atoms with E-state index in [1.54, 1.807) is 4.90 Å². The summed E-state index contributed by atoms with van der Waals surface area (Å²) in [6, 6.07) is 3.68. The number of carbonyl (C=O) groups excluding carboxylic acids is 1. The molecule has 142 valence electrons. The molecule has 0 saturated heterocycles. The smallest absolute Gasteiger partial charge is 0.267 e. The lowest BCUT2D eigenvalue weighted by Crippen LogP contribution is -2.42. The first-order valence-corrected chi connectivity index (χ1v) is 8.97. The lowest BCUT2D eigenvalue weighted by molar-refractivity contribution is -0.143. The Morgan fingerprint density at radius 1 is 1.33 bits per heavy atom. The second kappa shape index (κ2) is 6.75. The molecule has 3 heterocycles. The van der Waals surface area contributed by atoms with E-state index in [1.807, 2.05) is 13.8 Å². The lowest BCUT2D eigenvalue weighted by atomic mass is 9.99. The van der Waals surface area contributed by atoms with Crippen molar-refractivity contribution in [2.24, 2.45) is 11.1 Å². The van der Waals surface area contributed by atoms with Gasteiger partial charge in [0, 0.05) is 42.8 Å². The van der Waals surface area contributed by atoms with Crippen LogP contribution < -0.4 is 0 Å². The average Bonchev–Trinajstić information content (AvgIpc) is 3.30. The van der Waals surface area contributed by atoms with Crippen molar-refractivity contribution in [1.29, 1.82) is 0 Å². The summed E-state index contributed by atoms with van der Waals surface area (Å²) in [5.41, 5.74) is 3.63. The molecule has 1 amide bonds. The third-order valence-corrected chi connectivity index (χ3v) is 5.07. The first-order chi connectivity index (χ1) is 12.9. The van der Waals surface area contributed by atoms with Gasteiger partial charge in [0.05, 0.1) is 11.4 Å². The Balaban J connectivity index is 1.54. The van der Waals surface area contributed by atoms with E-state index in [0.29, 0.717) is 37.2 Å². The summed E-state index contributed by atoms with van der Waals surface area (Å²) in [5, 5.41) is 11.2. The van der Waals surface area contributed by atoms with Crippen LogP contribution in [-0.2, 0) is 22.6 Å². The number of fused-ring (bicyclic) bond motifs is 1. The quantitative estimate of drug-likeness (QED) is 0.898. The van der Waals surface area contributed by atoms with Gasteiger partial charge in [-0.3, -0.25) is 9.89 Å². The van der Waals surface area contributed by atoms with Crippen LogP contribution in [0.1, 0.15) is 31.5 Å². The monoisotopic (exact) mass is 374 g/mol. The van der Waals surface area contributed by atoms with Gasteiger partial charge in [0.2, 0.25) is 6.10 Å². The van der Waals surface area contributed by atoms with Gasteiger partial charge in [-0.25, -0.2) is 8.78 Å². The number of hydrogen-bond acceptors (Lipinski definition) is 4. The van der Waals surface area contributed by atoms with E-state index >= 15 is 0 Å². The van der Waals surface area contributed by atoms with E-state index in [2.05, 4.69) is 15.4 Å². The number of benzene rings is 1. The molecule has 0 aliphatic carbocycles. The van der Waals surface area contributed by atoms with Crippen LogP contribution >= 0.6 is 0 Å². The summed E-state index contributed by atoms with van der Waals surface area (Å²) in [5.74, 6) is -1.70. The second-order valence-electron chi connectivity index (χ2n) is 7.20. The zero-order valence-corrected chi connectivity index (χ0v) is 15.1. The van der Waals surface area contributed by atoms with Crippen LogP contribution in [0.4, 0.5) is 8.78 Å². The second-order valence-corrected chi connectivity index (χ2v) is 7.20. The Bertz CT molecular complexity index is 922. The normalized spacial score (nSPS) is 19.1. The van der Waals surface area contributed by atoms with Crippen molar-refractivity contribution in [2.75, 3.05) is 6.54 Å². The molecule has 2 aliphatic heterocycles. The summed E-state index contributed by atoms with van der Waals surface area (Å²) in [6.07, 6.45) is 0.520. The van der Waals surface area contributed by atoms with Gasteiger partial charge in [-0.15, -0.1) is 0 Å². The van der Waals surface area contributed by atoms with Crippen LogP contribution in [0.25, 0.3) is 11.3 Å². The maximum atomic E-state index is 13.6. The van der Waals surface area contributed by atoms with Crippen molar-refractivity contribution in [2.45, 2.75) is 39.3 Å². The summed E-state index contributed by atoms with van der Waals surface area (Å²) < 4.78 is 26.8. The van der Waals surface area contributed by atoms with Gasteiger partial charge in [-0.2, -0.15) is 5.10 Å². The van der Waals surface area contributed by atoms with Crippen LogP contribution in [0.3, 0.4) is 0 Å². The molecule has 6 nitrogen and oxygen atoms in total.